The number of hydrogen-bond acceptors (Lipinski definition) is 2. The molecule has 2 amide bonds. The van der Waals surface area contributed by atoms with E-state index in [2.05, 4.69) is 11.9 Å². The van der Waals surface area contributed by atoms with Gasteiger partial charge < -0.3 is 10.2 Å². The van der Waals surface area contributed by atoms with Crippen molar-refractivity contribution < 1.29 is 9.59 Å². The molecule has 1 N–H and O–H groups in total. The summed E-state index contributed by atoms with van der Waals surface area (Å²) >= 11 is 0. The number of nitrogens with one attached hydrogen (secondary N) is 1. The molecule has 4 heteroatoms. The molecule has 0 aromatic carbocycles. The van der Waals surface area contributed by atoms with Crippen molar-refractivity contribution in [3.05, 3.63) is 12.7 Å². The lowest BCUT2D eigenvalue weighted by Gasteiger charge is -2.42. The maximum atomic E-state index is 12.7. The Balaban J connectivity index is 2.14. The van der Waals surface area contributed by atoms with E-state index in [0.717, 1.165) is 25.7 Å². The number of piperazine rings is 1. The van der Waals surface area contributed by atoms with Gasteiger partial charge in [0.25, 0.3) is 0 Å². The second-order valence-corrected chi connectivity index (χ2v) is 5.97. The largest absolute Gasteiger partial charge is 0.342 e. The number of nitrogens with zero attached hydrogens (tertiary/aromatic N) is 1. The van der Waals surface area contributed by atoms with Gasteiger partial charge in [-0.05, 0) is 25.2 Å². The van der Waals surface area contributed by atoms with Gasteiger partial charge in [0.2, 0.25) is 11.8 Å². The lowest BCUT2D eigenvalue weighted by molar-refractivity contribution is -0.151. The first-order chi connectivity index (χ1) is 9.69. The van der Waals surface area contributed by atoms with E-state index in [-0.39, 0.29) is 23.9 Å². The Morgan fingerprint density at radius 3 is 2.60 bits per heavy atom. The molecule has 0 aromatic heterocycles. The summed E-state index contributed by atoms with van der Waals surface area (Å²) in [6.45, 7) is 6.23. The van der Waals surface area contributed by atoms with Crippen molar-refractivity contribution >= 4 is 11.8 Å². The Hall–Kier alpha value is -1.32. The average Bonchev–Trinajstić information content (AvgIpc) is 2.47. The van der Waals surface area contributed by atoms with Gasteiger partial charge in [-0.15, -0.1) is 6.58 Å². The summed E-state index contributed by atoms with van der Waals surface area (Å²) in [6, 6.07) is -0.624. The first-order valence-electron chi connectivity index (χ1n) is 7.90. The predicted molar refractivity (Wildman–Crippen MR) is 79.1 cm³/mol. The lowest BCUT2D eigenvalue weighted by Crippen LogP contribution is -2.65. The second-order valence-electron chi connectivity index (χ2n) is 5.97. The minimum Gasteiger partial charge on any atom is -0.342 e. The van der Waals surface area contributed by atoms with E-state index in [1.165, 1.54) is 19.3 Å². The Labute approximate surface area is 121 Å². The monoisotopic (exact) mass is 278 g/mol. The Morgan fingerprint density at radius 2 is 2.00 bits per heavy atom. The normalized spacial score (nSPS) is 28.4. The van der Waals surface area contributed by atoms with Crippen LogP contribution < -0.4 is 5.32 Å². The number of hydrogen-bond donors (Lipinski definition) is 1. The van der Waals surface area contributed by atoms with Crippen LogP contribution in [0.2, 0.25) is 0 Å². The number of amides is 2. The van der Waals surface area contributed by atoms with Crippen LogP contribution in [0.5, 0.6) is 0 Å². The minimum atomic E-state index is -0.314. The van der Waals surface area contributed by atoms with Gasteiger partial charge in [0, 0.05) is 6.54 Å². The maximum absolute atomic E-state index is 12.7. The molecule has 1 aliphatic heterocycles. The van der Waals surface area contributed by atoms with Crippen LogP contribution in [0.15, 0.2) is 12.7 Å². The first-order valence-corrected chi connectivity index (χ1v) is 7.90. The minimum absolute atomic E-state index is 0.0175. The number of carbonyl (C=O) groups is 2. The summed E-state index contributed by atoms with van der Waals surface area (Å²) in [5, 5.41) is 2.99. The van der Waals surface area contributed by atoms with Gasteiger partial charge in [0.15, 0.2) is 0 Å². The van der Waals surface area contributed by atoms with Crippen LogP contribution >= 0.6 is 0 Å². The standard InChI is InChI=1S/C16H26N2O2/c1-3-8-13-15(19)17-14(12-9-6-5-7-10-12)16(20)18(13)11-4-2/h4,12-14H,2-3,5-11H2,1H3,(H,17,19). The summed E-state index contributed by atoms with van der Waals surface area (Å²) in [6.07, 6.45) is 9.04. The molecular formula is C16H26N2O2. The number of carbonyl (C=O) groups excluding carboxylic acids is 2. The summed E-state index contributed by atoms with van der Waals surface area (Å²) in [5.74, 6) is 0.425. The van der Waals surface area contributed by atoms with Gasteiger partial charge in [-0.25, -0.2) is 0 Å². The van der Waals surface area contributed by atoms with E-state index in [4.69, 9.17) is 0 Å². The predicted octanol–water partition coefficient (Wildman–Crippen LogP) is 2.25. The molecule has 2 aliphatic rings. The zero-order valence-corrected chi connectivity index (χ0v) is 12.4. The van der Waals surface area contributed by atoms with Crippen molar-refractivity contribution in [3.8, 4) is 0 Å². The molecule has 1 saturated carbocycles. The Kier molecular flexibility index (Phi) is 5.21. The van der Waals surface area contributed by atoms with Crippen LogP contribution in [-0.2, 0) is 9.59 Å². The molecule has 0 bridgehead atoms. The smallest absolute Gasteiger partial charge is 0.246 e. The molecule has 4 nitrogen and oxygen atoms in total. The highest BCUT2D eigenvalue weighted by Crippen LogP contribution is 2.29. The van der Waals surface area contributed by atoms with Gasteiger partial charge in [0.1, 0.15) is 12.1 Å². The fourth-order valence-electron chi connectivity index (χ4n) is 3.49. The van der Waals surface area contributed by atoms with E-state index in [9.17, 15) is 9.59 Å². The van der Waals surface area contributed by atoms with Crippen LogP contribution in [0.3, 0.4) is 0 Å². The molecule has 2 unspecified atom stereocenters. The molecule has 1 saturated heterocycles. The molecule has 2 rings (SSSR count). The van der Waals surface area contributed by atoms with E-state index in [1.807, 2.05) is 6.92 Å². The molecular weight excluding hydrogens is 252 g/mol. The average molecular weight is 278 g/mol. The zero-order chi connectivity index (χ0) is 14.5. The maximum Gasteiger partial charge on any atom is 0.246 e. The number of rotatable bonds is 5. The van der Waals surface area contributed by atoms with Crippen molar-refractivity contribution in [1.29, 1.82) is 0 Å². The first kappa shape index (κ1) is 15.1. The quantitative estimate of drug-likeness (QED) is 0.784. The van der Waals surface area contributed by atoms with Gasteiger partial charge in [0.05, 0.1) is 0 Å². The molecule has 0 radical (unpaired) electrons. The second kappa shape index (κ2) is 6.91. The highest BCUT2D eigenvalue weighted by Gasteiger charge is 2.42. The van der Waals surface area contributed by atoms with Crippen LogP contribution in [-0.4, -0.2) is 35.3 Å². The van der Waals surface area contributed by atoms with E-state index in [0.29, 0.717) is 12.5 Å². The van der Waals surface area contributed by atoms with Gasteiger partial charge in [-0.1, -0.05) is 38.7 Å². The van der Waals surface area contributed by atoms with E-state index < -0.39 is 0 Å². The van der Waals surface area contributed by atoms with Crippen molar-refractivity contribution in [2.24, 2.45) is 5.92 Å². The summed E-state index contributed by atoms with van der Waals surface area (Å²) in [5.41, 5.74) is 0. The fraction of sp³-hybridized carbons (Fsp3) is 0.750. The zero-order valence-electron chi connectivity index (χ0n) is 12.4. The van der Waals surface area contributed by atoms with Crippen LogP contribution in [0.25, 0.3) is 0 Å². The van der Waals surface area contributed by atoms with Crippen LogP contribution in [0.1, 0.15) is 51.9 Å². The summed E-state index contributed by atoms with van der Waals surface area (Å²) in [4.78, 5) is 26.8. The SMILES string of the molecule is C=CCN1C(=O)C(C2CCCCC2)NC(=O)C1CCC. The Bertz CT molecular complexity index is 375. The summed E-state index contributed by atoms with van der Waals surface area (Å²) < 4.78 is 0. The molecule has 20 heavy (non-hydrogen) atoms. The highest BCUT2D eigenvalue weighted by molar-refractivity contribution is 5.97. The van der Waals surface area contributed by atoms with Gasteiger partial charge in [-0.3, -0.25) is 9.59 Å². The molecule has 112 valence electrons. The van der Waals surface area contributed by atoms with E-state index in [1.54, 1.807) is 11.0 Å². The van der Waals surface area contributed by atoms with Gasteiger partial charge in [-0.2, -0.15) is 0 Å². The molecule has 2 atom stereocenters. The lowest BCUT2D eigenvalue weighted by atomic mass is 9.82. The molecule has 2 fully saturated rings. The van der Waals surface area contributed by atoms with Crippen LogP contribution in [0.4, 0.5) is 0 Å². The third-order valence-electron chi connectivity index (χ3n) is 4.53. The van der Waals surface area contributed by atoms with Gasteiger partial charge >= 0.3 is 0 Å². The molecule has 1 aliphatic carbocycles. The highest BCUT2D eigenvalue weighted by atomic mass is 16.2. The molecule has 0 spiro atoms. The molecule has 1 heterocycles. The van der Waals surface area contributed by atoms with Crippen molar-refractivity contribution in [3.63, 3.8) is 0 Å². The van der Waals surface area contributed by atoms with Crippen molar-refractivity contribution in [1.82, 2.24) is 10.2 Å². The topological polar surface area (TPSA) is 49.4 Å². The van der Waals surface area contributed by atoms with Crippen LogP contribution in [0, 0.1) is 5.92 Å². The van der Waals surface area contributed by atoms with Crippen molar-refractivity contribution in [2.45, 2.75) is 64.0 Å². The third-order valence-corrected chi connectivity index (χ3v) is 4.53. The van der Waals surface area contributed by atoms with Crippen molar-refractivity contribution in [2.75, 3.05) is 6.54 Å². The third kappa shape index (κ3) is 3.05. The van der Waals surface area contributed by atoms with E-state index >= 15 is 0 Å². The summed E-state index contributed by atoms with van der Waals surface area (Å²) in [7, 11) is 0. The molecule has 0 aromatic rings. The Morgan fingerprint density at radius 1 is 1.30 bits per heavy atom. The fourth-order valence-corrected chi connectivity index (χ4v) is 3.49.